The molecule has 0 spiro atoms. The Morgan fingerprint density at radius 3 is 2.61 bits per heavy atom. The summed E-state index contributed by atoms with van der Waals surface area (Å²) in [5.41, 5.74) is 7.09. The number of nitrogens with zero attached hydrogens (tertiary/aromatic N) is 3. The molecule has 1 heterocycles. The molecule has 0 saturated heterocycles. The van der Waals surface area contributed by atoms with Gasteiger partial charge in [0.05, 0.1) is 11.7 Å². The number of aryl methyl sites for hydroxylation is 1. The quantitative estimate of drug-likeness (QED) is 0.907. The molecule has 0 saturated carbocycles. The summed E-state index contributed by atoms with van der Waals surface area (Å²) in [6.45, 7) is 1.92. The molecular formula is C13H17FN4. The number of aromatic nitrogens is 2. The molecule has 0 amide bonds. The molecule has 96 valence electrons. The first-order chi connectivity index (χ1) is 8.50. The Morgan fingerprint density at radius 1 is 1.39 bits per heavy atom. The number of benzene rings is 1. The predicted molar refractivity (Wildman–Crippen MR) is 70.8 cm³/mol. The van der Waals surface area contributed by atoms with Crippen LogP contribution in [0.4, 0.5) is 15.9 Å². The van der Waals surface area contributed by atoms with Crippen molar-refractivity contribution in [3.63, 3.8) is 0 Å². The fraction of sp³-hybridized carbons (Fsp3) is 0.308. The molecule has 0 aliphatic rings. The summed E-state index contributed by atoms with van der Waals surface area (Å²) in [6.07, 6.45) is 1.74. The summed E-state index contributed by atoms with van der Waals surface area (Å²) in [5.74, 6) is 0.444. The van der Waals surface area contributed by atoms with Crippen LogP contribution in [-0.4, -0.2) is 16.8 Å². The van der Waals surface area contributed by atoms with E-state index >= 15 is 0 Å². The second-order valence-corrected chi connectivity index (χ2v) is 4.39. The first-order valence-corrected chi connectivity index (χ1v) is 5.77. The van der Waals surface area contributed by atoms with E-state index in [4.69, 9.17) is 5.73 Å². The summed E-state index contributed by atoms with van der Waals surface area (Å²) in [5, 5.41) is 4.28. The van der Waals surface area contributed by atoms with Gasteiger partial charge in [-0.15, -0.1) is 0 Å². The fourth-order valence-corrected chi connectivity index (χ4v) is 1.98. The van der Waals surface area contributed by atoms with Gasteiger partial charge in [0.1, 0.15) is 5.82 Å². The van der Waals surface area contributed by atoms with Crippen LogP contribution in [0.15, 0.2) is 30.5 Å². The van der Waals surface area contributed by atoms with Crippen molar-refractivity contribution in [3.05, 3.63) is 41.8 Å². The van der Waals surface area contributed by atoms with Gasteiger partial charge in [-0.05, 0) is 13.0 Å². The minimum absolute atomic E-state index is 0.136. The van der Waals surface area contributed by atoms with Gasteiger partial charge in [0.15, 0.2) is 5.82 Å². The lowest BCUT2D eigenvalue weighted by Gasteiger charge is -2.25. The van der Waals surface area contributed by atoms with E-state index in [1.165, 1.54) is 6.07 Å². The zero-order valence-electron chi connectivity index (χ0n) is 10.8. The number of nitrogen functional groups attached to an aromatic ring is 1. The Hall–Kier alpha value is -2.04. The average molecular weight is 248 g/mol. The van der Waals surface area contributed by atoms with Gasteiger partial charge in [-0.1, -0.05) is 18.2 Å². The topological polar surface area (TPSA) is 47.1 Å². The monoisotopic (exact) mass is 248 g/mol. The SMILES string of the molecule is CC(c1ccccc1F)N(C)c1nn(C)cc1N. The number of hydrogen-bond acceptors (Lipinski definition) is 3. The van der Waals surface area contributed by atoms with Crippen LogP contribution in [0.1, 0.15) is 18.5 Å². The number of anilines is 2. The van der Waals surface area contributed by atoms with Gasteiger partial charge < -0.3 is 10.6 Å². The van der Waals surface area contributed by atoms with Crippen molar-refractivity contribution >= 4 is 11.5 Å². The van der Waals surface area contributed by atoms with Crippen molar-refractivity contribution in [3.8, 4) is 0 Å². The predicted octanol–water partition coefficient (Wildman–Crippen LogP) is 2.34. The van der Waals surface area contributed by atoms with Crippen LogP contribution >= 0.6 is 0 Å². The maximum absolute atomic E-state index is 13.7. The molecule has 0 fully saturated rings. The van der Waals surface area contributed by atoms with Crippen LogP contribution in [0.2, 0.25) is 0 Å². The van der Waals surface area contributed by atoms with Crippen molar-refractivity contribution in [1.82, 2.24) is 9.78 Å². The summed E-state index contributed by atoms with van der Waals surface area (Å²) in [7, 11) is 3.66. The van der Waals surface area contributed by atoms with Crippen molar-refractivity contribution in [2.24, 2.45) is 7.05 Å². The zero-order valence-corrected chi connectivity index (χ0v) is 10.8. The van der Waals surface area contributed by atoms with E-state index in [-0.39, 0.29) is 11.9 Å². The molecule has 2 N–H and O–H groups in total. The van der Waals surface area contributed by atoms with Crippen LogP contribution in [-0.2, 0) is 7.05 Å². The molecule has 1 unspecified atom stereocenters. The highest BCUT2D eigenvalue weighted by atomic mass is 19.1. The lowest BCUT2D eigenvalue weighted by Crippen LogP contribution is -2.23. The Labute approximate surface area is 106 Å². The first kappa shape index (κ1) is 12.4. The number of halogens is 1. The molecule has 18 heavy (non-hydrogen) atoms. The zero-order chi connectivity index (χ0) is 13.3. The third kappa shape index (κ3) is 2.16. The highest BCUT2D eigenvalue weighted by Crippen LogP contribution is 2.29. The van der Waals surface area contributed by atoms with Crippen LogP contribution in [0.3, 0.4) is 0 Å². The molecular weight excluding hydrogens is 231 g/mol. The lowest BCUT2D eigenvalue weighted by atomic mass is 10.1. The molecule has 0 aliphatic carbocycles. The Balaban J connectivity index is 2.32. The molecule has 0 bridgehead atoms. The maximum atomic E-state index is 13.7. The van der Waals surface area contributed by atoms with Gasteiger partial charge in [0.2, 0.25) is 0 Å². The molecule has 2 rings (SSSR count). The van der Waals surface area contributed by atoms with E-state index < -0.39 is 0 Å². The van der Waals surface area contributed by atoms with Crippen molar-refractivity contribution in [2.75, 3.05) is 17.7 Å². The highest BCUT2D eigenvalue weighted by molar-refractivity contribution is 5.62. The molecule has 1 aromatic heterocycles. The van der Waals surface area contributed by atoms with E-state index in [9.17, 15) is 4.39 Å². The summed E-state index contributed by atoms with van der Waals surface area (Å²) in [4.78, 5) is 1.87. The summed E-state index contributed by atoms with van der Waals surface area (Å²) >= 11 is 0. The molecule has 4 nitrogen and oxygen atoms in total. The third-order valence-corrected chi connectivity index (χ3v) is 3.11. The van der Waals surface area contributed by atoms with Crippen molar-refractivity contribution in [2.45, 2.75) is 13.0 Å². The molecule has 0 aliphatic heterocycles. The van der Waals surface area contributed by atoms with E-state index in [1.54, 1.807) is 23.0 Å². The maximum Gasteiger partial charge on any atom is 0.174 e. The van der Waals surface area contributed by atoms with Crippen LogP contribution in [0, 0.1) is 5.82 Å². The summed E-state index contributed by atoms with van der Waals surface area (Å²) in [6, 6.07) is 6.60. The number of hydrogen-bond donors (Lipinski definition) is 1. The fourth-order valence-electron chi connectivity index (χ4n) is 1.98. The van der Waals surface area contributed by atoms with Gasteiger partial charge in [0.25, 0.3) is 0 Å². The Morgan fingerprint density at radius 2 is 2.06 bits per heavy atom. The normalized spacial score (nSPS) is 12.4. The van der Waals surface area contributed by atoms with E-state index in [0.717, 1.165) is 0 Å². The van der Waals surface area contributed by atoms with Crippen molar-refractivity contribution < 1.29 is 4.39 Å². The van der Waals surface area contributed by atoms with E-state index in [1.807, 2.05) is 32.0 Å². The second-order valence-electron chi connectivity index (χ2n) is 4.39. The molecule has 0 radical (unpaired) electrons. The van der Waals surface area contributed by atoms with Gasteiger partial charge in [-0.25, -0.2) is 4.39 Å². The van der Waals surface area contributed by atoms with E-state index in [2.05, 4.69) is 5.10 Å². The standard InChI is InChI=1S/C13H17FN4/c1-9(10-6-4-5-7-11(10)14)18(3)13-12(15)8-17(2)16-13/h4-9H,15H2,1-3H3. The lowest BCUT2D eigenvalue weighted by molar-refractivity contribution is 0.583. The molecule has 2 aromatic rings. The van der Waals surface area contributed by atoms with E-state index in [0.29, 0.717) is 17.1 Å². The molecule has 5 heteroatoms. The minimum Gasteiger partial charge on any atom is -0.394 e. The van der Waals surface area contributed by atoms with Gasteiger partial charge in [-0.3, -0.25) is 4.68 Å². The number of rotatable bonds is 3. The largest absolute Gasteiger partial charge is 0.394 e. The highest BCUT2D eigenvalue weighted by Gasteiger charge is 2.19. The minimum atomic E-state index is -0.216. The molecule has 1 atom stereocenters. The van der Waals surface area contributed by atoms with Crippen LogP contribution in [0.5, 0.6) is 0 Å². The Bertz CT molecular complexity index is 550. The summed E-state index contributed by atoms with van der Waals surface area (Å²) < 4.78 is 15.4. The smallest absolute Gasteiger partial charge is 0.174 e. The number of nitrogens with two attached hydrogens (primary N) is 1. The Kier molecular flexibility index (Phi) is 3.23. The van der Waals surface area contributed by atoms with Crippen molar-refractivity contribution in [1.29, 1.82) is 0 Å². The van der Waals surface area contributed by atoms with Gasteiger partial charge >= 0.3 is 0 Å². The first-order valence-electron chi connectivity index (χ1n) is 5.77. The van der Waals surface area contributed by atoms with Crippen LogP contribution < -0.4 is 10.6 Å². The average Bonchev–Trinajstić information content (AvgIpc) is 2.67. The van der Waals surface area contributed by atoms with Gasteiger partial charge in [0, 0.05) is 25.9 Å². The van der Waals surface area contributed by atoms with Crippen LogP contribution in [0.25, 0.3) is 0 Å². The third-order valence-electron chi connectivity index (χ3n) is 3.11. The second kappa shape index (κ2) is 4.68. The van der Waals surface area contributed by atoms with Gasteiger partial charge in [-0.2, -0.15) is 5.10 Å². The molecule has 1 aromatic carbocycles.